The molecule has 42 heavy (non-hydrogen) atoms. The minimum atomic E-state index is -1.43. The number of H-pyrrole nitrogens is 1. The van der Waals surface area contributed by atoms with Crippen LogP contribution < -0.4 is 21.8 Å². The highest BCUT2D eigenvalue weighted by molar-refractivity contribution is 8.00. The summed E-state index contributed by atoms with van der Waals surface area (Å²) in [5.41, 5.74) is 4.17. The Morgan fingerprint density at radius 2 is 1.95 bits per heavy atom. The van der Waals surface area contributed by atoms with Gasteiger partial charge in [0, 0.05) is 17.5 Å². The maximum absolute atomic E-state index is 13.5. The largest absolute Gasteiger partial charge is 0.508 e. The highest BCUT2D eigenvalue weighted by Gasteiger charge is 2.54. The van der Waals surface area contributed by atoms with Crippen molar-refractivity contribution in [3.63, 3.8) is 0 Å². The van der Waals surface area contributed by atoms with Crippen LogP contribution in [0.1, 0.15) is 22.0 Å². The van der Waals surface area contributed by atoms with Crippen LogP contribution in [0, 0.1) is 0 Å². The number of primary amides is 1. The molecule has 2 unspecified atom stereocenters. The first kappa shape index (κ1) is 28.1. The molecular formula is C25H21N7O9S. The lowest BCUT2D eigenvalue weighted by atomic mass is 10.0. The lowest BCUT2D eigenvalue weighted by Gasteiger charge is -2.49. The Morgan fingerprint density at radius 1 is 1.21 bits per heavy atom. The molecule has 0 spiro atoms. The molecule has 2 aliphatic heterocycles. The number of phenols is 1. The minimum absolute atomic E-state index is 0.0411. The number of β-lactam (4-membered cyclic amide) rings is 1. The second kappa shape index (κ2) is 11.2. The van der Waals surface area contributed by atoms with Crippen LogP contribution in [0.15, 0.2) is 59.1 Å². The van der Waals surface area contributed by atoms with Gasteiger partial charge >= 0.3 is 12.1 Å². The van der Waals surface area contributed by atoms with E-state index in [1.165, 1.54) is 30.5 Å². The van der Waals surface area contributed by atoms with Crippen LogP contribution in [0.4, 0.5) is 4.79 Å². The number of phenolic OH excluding ortho intramolecular Hbond substituents is 1. The van der Waals surface area contributed by atoms with Crippen LogP contribution >= 0.6 is 11.8 Å². The van der Waals surface area contributed by atoms with Crippen molar-refractivity contribution in [3.05, 3.63) is 75.6 Å². The standard InChI is InChI=1S/C25H21N7O9S/c26-25(40)41-7-11-8-42-23-17(22(37)32(23)18(11)24(38)39)31-21(36)15(10-1-3-12(33)4-2-10)30-20(35)13-5-28-14-6-27-9-29-16(14)19(13)34/h1-6,9,15,17,23,33H,7-8H2,(H2,26,40)(H,28,34)(H,30,35)(H,31,36)(H,38,39)/t15?,17?,23-/m0/s1. The Bertz CT molecular complexity index is 1720. The number of aromatic hydroxyl groups is 1. The SMILES string of the molecule is NC(=O)OCC1=C(C(=O)O)N2C(=O)C(NC(=O)C(NC(=O)c3c[nH]c4cncnc4c3=O)c3ccc(O)cc3)[C@@H]2SC1. The number of pyridine rings is 1. The van der Waals surface area contributed by atoms with Crippen molar-refractivity contribution in [3.8, 4) is 5.75 Å². The maximum atomic E-state index is 13.5. The summed E-state index contributed by atoms with van der Waals surface area (Å²) in [6, 6.07) is 2.73. The third-order valence-corrected chi connectivity index (χ3v) is 7.83. The number of carboxylic acid groups (broad SMARTS) is 1. The molecule has 5 rings (SSSR count). The molecule has 0 bridgehead atoms. The Labute approximate surface area is 239 Å². The Morgan fingerprint density at radius 3 is 2.64 bits per heavy atom. The van der Waals surface area contributed by atoms with Crippen molar-refractivity contribution in [1.82, 2.24) is 30.5 Å². The number of carboxylic acids is 1. The number of nitrogens with one attached hydrogen (secondary N) is 3. The minimum Gasteiger partial charge on any atom is -0.508 e. The van der Waals surface area contributed by atoms with E-state index in [-0.39, 0.29) is 39.4 Å². The summed E-state index contributed by atoms with van der Waals surface area (Å²) in [6.07, 6.45) is 2.55. The fourth-order valence-corrected chi connectivity index (χ4v) is 5.82. The van der Waals surface area contributed by atoms with E-state index in [2.05, 4.69) is 25.6 Å². The van der Waals surface area contributed by atoms with Gasteiger partial charge < -0.3 is 36.3 Å². The number of hydrogen-bond acceptors (Lipinski definition) is 11. The van der Waals surface area contributed by atoms with Crippen molar-refractivity contribution in [1.29, 1.82) is 0 Å². The molecule has 1 aromatic carbocycles. The highest BCUT2D eigenvalue weighted by Crippen LogP contribution is 2.40. The van der Waals surface area contributed by atoms with E-state index in [0.717, 1.165) is 29.2 Å². The van der Waals surface area contributed by atoms with E-state index in [1.54, 1.807) is 0 Å². The third-order valence-electron chi connectivity index (χ3n) is 6.49. The van der Waals surface area contributed by atoms with Crippen LogP contribution in [-0.2, 0) is 19.1 Å². The summed E-state index contributed by atoms with van der Waals surface area (Å²) in [6.45, 7) is -0.424. The van der Waals surface area contributed by atoms with Crippen LogP contribution in [0.3, 0.4) is 0 Å². The molecule has 0 aliphatic carbocycles. The zero-order chi connectivity index (χ0) is 30.1. The van der Waals surface area contributed by atoms with Gasteiger partial charge in [0.2, 0.25) is 11.3 Å². The number of amides is 4. The second-order valence-electron chi connectivity index (χ2n) is 9.08. The van der Waals surface area contributed by atoms with Gasteiger partial charge in [-0.05, 0) is 17.7 Å². The average molecular weight is 596 g/mol. The van der Waals surface area contributed by atoms with Gasteiger partial charge in [-0.3, -0.25) is 24.1 Å². The Kier molecular flexibility index (Phi) is 7.49. The molecule has 2 aliphatic rings. The summed E-state index contributed by atoms with van der Waals surface area (Å²) >= 11 is 1.13. The highest BCUT2D eigenvalue weighted by atomic mass is 32.2. The van der Waals surface area contributed by atoms with Crippen LogP contribution in [0.25, 0.3) is 11.0 Å². The Balaban J connectivity index is 1.39. The van der Waals surface area contributed by atoms with E-state index in [4.69, 9.17) is 10.5 Å². The number of nitrogens with zero attached hydrogens (tertiary/aromatic N) is 3. The fourth-order valence-electron chi connectivity index (χ4n) is 4.49. The third kappa shape index (κ3) is 5.19. The molecule has 16 nitrogen and oxygen atoms in total. The molecule has 2 aromatic heterocycles. The Hall–Kier alpha value is -5.45. The molecule has 3 aromatic rings. The van der Waals surface area contributed by atoms with Gasteiger partial charge in [0.1, 0.15) is 52.9 Å². The first-order valence-corrected chi connectivity index (χ1v) is 13.2. The number of nitrogens with two attached hydrogens (primary N) is 1. The van der Waals surface area contributed by atoms with Gasteiger partial charge in [-0.15, -0.1) is 11.8 Å². The zero-order valence-electron chi connectivity index (χ0n) is 21.3. The van der Waals surface area contributed by atoms with Gasteiger partial charge in [-0.25, -0.2) is 19.6 Å². The summed E-state index contributed by atoms with van der Waals surface area (Å²) in [4.78, 5) is 87.0. The number of ether oxygens (including phenoxy) is 1. The van der Waals surface area contributed by atoms with Crippen molar-refractivity contribution in [2.75, 3.05) is 12.4 Å². The van der Waals surface area contributed by atoms with Crippen LogP contribution in [-0.4, -0.2) is 83.6 Å². The number of aromatic nitrogens is 3. The van der Waals surface area contributed by atoms with Crippen molar-refractivity contribution < 1.29 is 38.9 Å². The normalized spacial score (nSPS) is 18.5. The van der Waals surface area contributed by atoms with Crippen LogP contribution in [0.2, 0.25) is 0 Å². The van der Waals surface area contributed by atoms with Crippen molar-refractivity contribution >= 4 is 52.6 Å². The van der Waals surface area contributed by atoms with Gasteiger partial charge in [0.25, 0.3) is 11.8 Å². The monoisotopic (exact) mass is 595 g/mol. The summed E-state index contributed by atoms with van der Waals surface area (Å²) in [5, 5.41) is 23.6. The lowest BCUT2D eigenvalue weighted by molar-refractivity contribution is -0.151. The quantitative estimate of drug-likeness (QED) is 0.177. The molecule has 0 saturated carbocycles. The fraction of sp³-hybridized carbons (Fsp3) is 0.200. The van der Waals surface area contributed by atoms with E-state index < -0.39 is 59.3 Å². The lowest BCUT2D eigenvalue weighted by Crippen LogP contribution is -2.71. The molecule has 216 valence electrons. The molecule has 4 heterocycles. The van der Waals surface area contributed by atoms with Crippen molar-refractivity contribution in [2.45, 2.75) is 17.5 Å². The predicted molar refractivity (Wildman–Crippen MR) is 144 cm³/mol. The number of benzene rings is 1. The smallest absolute Gasteiger partial charge is 0.404 e. The second-order valence-corrected chi connectivity index (χ2v) is 10.2. The number of fused-ring (bicyclic) bond motifs is 2. The van der Waals surface area contributed by atoms with E-state index in [0.29, 0.717) is 5.52 Å². The molecule has 1 saturated heterocycles. The molecule has 3 atom stereocenters. The predicted octanol–water partition coefficient (Wildman–Crippen LogP) is -0.671. The summed E-state index contributed by atoms with van der Waals surface area (Å²) < 4.78 is 4.70. The number of carbonyl (C=O) groups excluding carboxylic acids is 4. The topological polar surface area (TPSA) is 247 Å². The molecule has 17 heteroatoms. The average Bonchev–Trinajstić information content (AvgIpc) is 2.97. The number of thioether (sulfide) groups is 1. The summed E-state index contributed by atoms with van der Waals surface area (Å²) in [7, 11) is 0. The van der Waals surface area contributed by atoms with Gasteiger partial charge in [0.15, 0.2) is 0 Å². The van der Waals surface area contributed by atoms with E-state index >= 15 is 0 Å². The first-order valence-electron chi connectivity index (χ1n) is 12.1. The molecule has 7 N–H and O–H groups in total. The number of carbonyl (C=O) groups is 5. The molecule has 1 fully saturated rings. The number of hydrogen-bond donors (Lipinski definition) is 6. The first-order chi connectivity index (χ1) is 20.1. The zero-order valence-corrected chi connectivity index (χ0v) is 22.1. The molecule has 0 radical (unpaired) electrons. The van der Waals surface area contributed by atoms with Crippen molar-refractivity contribution in [2.24, 2.45) is 5.73 Å². The van der Waals surface area contributed by atoms with Gasteiger partial charge in [0.05, 0.1) is 11.7 Å². The van der Waals surface area contributed by atoms with E-state index in [9.17, 15) is 39.0 Å². The van der Waals surface area contributed by atoms with Gasteiger partial charge in [-0.1, -0.05) is 12.1 Å². The summed E-state index contributed by atoms with van der Waals surface area (Å²) in [5.74, 6) is -3.97. The maximum Gasteiger partial charge on any atom is 0.404 e. The van der Waals surface area contributed by atoms with Gasteiger partial charge in [-0.2, -0.15) is 0 Å². The number of rotatable bonds is 8. The number of aromatic amines is 1. The number of aliphatic carboxylic acids is 1. The molecular weight excluding hydrogens is 574 g/mol. The molecule has 4 amide bonds. The van der Waals surface area contributed by atoms with Crippen LogP contribution in [0.5, 0.6) is 5.75 Å². The van der Waals surface area contributed by atoms with E-state index in [1.807, 2.05) is 0 Å².